The first-order chi connectivity index (χ1) is 9.48. The van der Waals surface area contributed by atoms with Gasteiger partial charge in [-0.1, -0.05) is 0 Å². The Morgan fingerprint density at radius 2 is 1.65 bits per heavy atom. The third-order valence-corrected chi connectivity index (χ3v) is 10.4. The molecule has 1 aliphatic carbocycles. The van der Waals surface area contributed by atoms with Crippen molar-refractivity contribution >= 4 is 13.3 Å². The fraction of sp³-hybridized carbons (Fsp3) is 0.667. The van der Waals surface area contributed by atoms with Crippen LogP contribution in [-0.2, 0) is 6.54 Å². The van der Waals surface area contributed by atoms with Gasteiger partial charge in [0.2, 0.25) is 0 Å². The van der Waals surface area contributed by atoms with Crippen molar-refractivity contribution in [1.82, 2.24) is 4.90 Å². The first-order valence-corrected chi connectivity index (χ1v) is 15.7. The Bertz CT molecular complexity index is 390. The average molecular weight is 334 g/mol. The Kier molecular flexibility index (Phi) is 5.74. The van der Waals surface area contributed by atoms with Crippen molar-refractivity contribution < 1.29 is 0 Å². The van der Waals surface area contributed by atoms with E-state index in [4.69, 9.17) is 0 Å². The molecule has 1 aromatic carbocycles. The van der Waals surface area contributed by atoms with E-state index in [1.54, 1.807) is 0 Å². The van der Waals surface area contributed by atoms with Crippen LogP contribution >= 0.6 is 0 Å². The molecule has 0 bridgehead atoms. The van der Waals surface area contributed by atoms with E-state index in [-0.39, 0.29) is 0 Å². The van der Waals surface area contributed by atoms with Gasteiger partial charge in [0.25, 0.3) is 0 Å². The molecule has 1 saturated carbocycles. The van der Waals surface area contributed by atoms with Crippen LogP contribution in [0.5, 0.6) is 0 Å². The maximum atomic E-state index is 2.69. The number of rotatable bonds is 5. The minimum atomic E-state index is -1.70. The molecule has 0 heterocycles. The molecule has 0 N–H and O–H groups in total. The summed E-state index contributed by atoms with van der Waals surface area (Å²) in [6.45, 7) is 1.12. The molecular formula is C18H31GeN. The molecular weight excluding hydrogens is 303 g/mol. The van der Waals surface area contributed by atoms with Gasteiger partial charge in [0, 0.05) is 0 Å². The van der Waals surface area contributed by atoms with Gasteiger partial charge in [-0.05, 0) is 0 Å². The van der Waals surface area contributed by atoms with E-state index in [9.17, 15) is 0 Å². The van der Waals surface area contributed by atoms with E-state index in [1.807, 2.05) is 0 Å². The predicted octanol–water partition coefficient (Wildman–Crippen LogP) is 4.94. The molecule has 0 spiro atoms. The molecule has 0 aromatic heterocycles. The van der Waals surface area contributed by atoms with Crippen LogP contribution in [0.25, 0.3) is 0 Å². The van der Waals surface area contributed by atoms with E-state index >= 15 is 0 Å². The standard InChI is InChI=1S/C18H31GeN/c1-19(2,3)18(17-13-9-6-10-14-17)20(4)15-16-11-7-5-8-12-16/h5,7-8,11-12,17-18H,6,9-10,13-15H2,1-4H3. The summed E-state index contributed by atoms with van der Waals surface area (Å²) >= 11 is -1.70. The van der Waals surface area contributed by atoms with Crippen molar-refractivity contribution in [3.8, 4) is 0 Å². The van der Waals surface area contributed by atoms with Crippen molar-refractivity contribution in [3.63, 3.8) is 0 Å². The summed E-state index contributed by atoms with van der Waals surface area (Å²) in [4.78, 5) is 3.56. The summed E-state index contributed by atoms with van der Waals surface area (Å²) in [6.07, 6.45) is 7.30. The van der Waals surface area contributed by atoms with Crippen molar-refractivity contribution in [3.05, 3.63) is 35.9 Å². The molecule has 1 fully saturated rings. The van der Waals surface area contributed by atoms with Crippen LogP contribution in [0, 0.1) is 5.92 Å². The summed E-state index contributed by atoms with van der Waals surface area (Å²) in [5.41, 5.74) is 1.46. The fourth-order valence-corrected chi connectivity index (χ4v) is 10.8. The summed E-state index contributed by atoms with van der Waals surface area (Å²) in [5.74, 6) is 8.75. The van der Waals surface area contributed by atoms with E-state index in [0.717, 1.165) is 17.3 Å². The molecule has 2 rings (SSSR count). The summed E-state index contributed by atoms with van der Waals surface area (Å²) in [5, 5.41) is 0. The molecule has 0 radical (unpaired) electrons. The van der Waals surface area contributed by atoms with Crippen LogP contribution in [0.3, 0.4) is 0 Å². The Morgan fingerprint density at radius 3 is 2.20 bits per heavy atom. The van der Waals surface area contributed by atoms with Gasteiger partial charge >= 0.3 is 128 Å². The molecule has 2 heteroatoms. The number of hydrogen-bond acceptors (Lipinski definition) is 1. The van der Waals surface area contributed by atoms with Gasteiger partial charge < -0.3 is 0 Å². The number of nitrogens with zero attached hydrogens (tertiary/aromatic N) is 1. The van der Waals surface area contributed by atoms with Crippen LogP contribution in [0.4, 0.5) is 0 Å². The van der Waals surface area contributed by atoms with Crippen molar-refractivity contribution in [2.24, 2.45) is 5.92 Å². The second kappa shape index (κ2) is 7.13. The summed E-state index contributed by atoms with van der Waals surface area (Å²) in [7, 11) is 2.36. The molecule has 0 saturated heterocycles. The Hall–Kier alpha value is -0.277. The van der Waals surface area contributed by atoms with Gasteiger partial charge in [0.1, 0.15) is 0 Å². The second-order valence-electron chi connectivity index (χ2n) is 7.61. The van der Waals surface area contributed by atoms with Crippen LogP contribution in [0.15, 0.2) is 30.3 Å². The maximum absolute atomic E-state index is 2.69. The third kappa shape index (κ3) is 4.36. The normalized spacial score (nSPS) is 19.2. The predicted molar refractivity (Wildman–Crippen MR) is 91.6 cm³/mol. The Morgan fingerprint density at radius 1 is 1.05 bits per heavy atom. The van der Waals surface area contributed by atoms with Gasteiger partial charge in [-0.25, -0.2) is 0 Å². The quantitative estimate of drug-likeness (QED) is 0.689. The first kappa shape index (κ1) is 16.1. The van der Waals surface area contributed by atoms with Crippen molar-refractivity contribution in [2.45, 2.75) is 60.8 Å². The van der Waals surface area contributed by atoms with Gasteiger partial charge in [0.05, 0.1) is 0 Å². The van der Waals surface area contributed by atoms with Gasteiger partial charge in [0.15, 0.2) is 0 Å². The van der Waals surface area contributed by atoms with Gasteiger partial charge in [-0.15, -0.1) is 0 Å². The zero-order valence-corrected chi connectivity index (χ0v) is 15.8. The number of hydrogen-bond donors (Lipinski definition) is 0. The summed E-state index contributed by atoms with van der Waals surface area (Å²) in [6, 6.07) is 11.0. The van der Waals surface area contributed by atoms with Crippen LogP contribution < -0.4 is 0 Å². The Balaban J connectivity index is 2.09. The van der Waals surface area contributed by atoms with Crippen molar-refractivity contribution in [2.75, 3.05) is 7.05 Å². The van der Waals surface area contributed by atoms with Crippen LogP contribution in [-0.4, -0.2) is 30.1 Å². The summed E-state index contributed by atoms with van der Waals surface area (Å²) < 4.78 is 0. The van der Waals surface area contributed by atoms with Crippen molar-refractivity contribution in [1.29, 1.82) is 0 Å². The fourth-order valence-electron chi connectivity index (χ4n) is 4.15. The first-order valence-electron chi connectivity index (χ1n) is 8.22. The monoisotopic (exact) mass is 335 g/mol. The molecule has 0 aliphatic heterocycles. The molecule has 1 aromatic rings. The zero-order chi connectivity index (χ0) is 14.6. The Labute approximate surface area is 128 Å². The zero-order valence-electron chi connectivity index (χ0n) is 13.7. The van der Waals surface area contributed by atoms with Crippen LogP contribution in [0.1, 0.15) is 37.7 Å². The molecule has 0 amide bonds. The minimum absolute atomic E-state index is 0.871. The third-order valence-electron chi connectivity index (χ3n) is 4.73. The molecule has 1 nitrogen and oxygen atoms in total. The van der Waals surface area contributed by atoms with Gasteiger partial charge in [-0.3, -0.25) is 0 Å². The van der Waals surface area contributed by atoms with E-state index < -0.39 is 13.3 Å². The second-order valence-corrected chi connectivity index (χ2v) is 18.8. The average Bonchev–Trinajstić information content (AvgIpc) is 2.39. The van der Waals surface area contributed by atoms with Crippen LogP contribution in [0.2, 0.25) is 17.3 Å². The molecule has 1 aliphatic rings. The van der Waals surface area contributed by atoms with Gasteiger partial charge in [-0.2, -0.15) is 0 Å². The molecule has 1 unspecified atom stereocenters. The van der Waals surface area contributed by atoms with E-state index in [0.29, 0.717) is 0 Å². The molecule has 112 valence electrons. The number of benzene rings is 1. The molecule has 20 heavy (non-hydrogen) atoms. The van der Waals surface area contributed by atoms with E-state index in [2.05, 4.69) is 59.5 Å². The topological polar surface area (TPSA) is 3.24 Å². The SMILES string of the molecule is CN(Cc1ccccc1)[CH](C1CCCCC1)[Ge]([CH3])([CH3])[CH3]. The molecule has 1 atom stereocenters. The van der Waals surface area contributed by atoms with E-state index in [1.165, 1.54) is 37.7 Å².